The molecule has 1 aromatic carbocycles. The number of esters is 1. The Morgan fingerprint density at radius 2 is 1.58 bits per heavy atom. The predicted octanol–water partition coefficient (Wildman–Crippen LogP) is 3.13. The van der Waals surface area contributed by atoms with Crippen molar-refractivity contribution in [3.63, 3.8) is 0 Å². The van der Waals surface area contributed by atoms with Crippen molar-refractivity contribution in [1.29, 1.82) is 0 Å². The first-order valence-electron chi connectivity index (χ1n) is 9.80. The molecule has 0 saturated heterocycles. The molecule has 0 saturated carbocycles. The van der Waals surface area contributed by atoms with E-state index in [1.54, 1.807) is 6.92 Å². The lowest BCUT2D eigenvalue weighted by Crippen LogP contribution is -2.35. The number of hydrogen-bond acceptors (Lipinski definition) is 4. The Labute approximate surface area is 158 Å². The van der Waals surface area contributed by atoms with Crippen LogP contribution in [-0.4, -0.2) is 61.0 Å². The molecule has 0 heterocycles. The Bertz CT molecular complexity index is 515. The Hall–Kier alpha value is -1.88. The third-order valence-electron chi connectivity index (χ3n) is 4.49. The van der Waals surface area contributed by atoms with Gasteiger partial charge in [0.15, 0.2) is 0 Å². The van der Waals surface area contributed by atoms with E-state index in [4.69, 9.17) is 4.74 Å². The van der Waals surface area contributed by atoms with Gasteiger partial charge in [-0.25, -0.2) is 0 Å². The molecule has 26 heavy (non-hydrogen) atoms. The zero-order chi connectivity index (χ0) is 19.2. The largest absolute Gasteiger partial charge is 0.466 e. The average Bonchev–Trinajstić information content (AvgIpc) is 2.65. The summed E-state index contributed by atoms with van der Waals surface area (Å²) >= 11 is 0. The van der Waals surface area contributed by atoms with Crippen LogP contribution in [-0.2, 0) is 20.7 Å². The van der Waals surface area contributed by atoms with Gasteiger partial charge in [0.25, 0.3) is 0 Å². The number of amides is 1. The monoisotopic (exact) mass is 362 g/mol. The van der Waals surface area contributed by atoms with Crippen LogP contribution >= 0.6 is 0 Å². The minimum absolute atomic E-state index is 0.0725. The highest BCUT2D eigenvalue weighted by Gasteiger charge is 2.16. The highest BCUT2D eigenvalue weighted by Crippen LogP contribution is 2.06. The zero-order valence-electron chi connectivity index (χ0n) is 16.6. The number of nitrogens with zero attached hydrogens (tertiary/aromatic N) is 2. The molecule has 0 fully saturated rings. The van der Waals surface area contributed by atoms with E-state index in [-0.39, 0.29) is 18.3 Å². The number of benzene rings is 1. The van der Waals surface area contributed by atoms with Gasteiger partial charge < -0.3 is 14.5 Å². The predicted molar refractivity (Wildman–Crippen MR) is 105 cm³/mol. The molecule has 0 radical (unpaired) electrons. The first-order chi connectivity index (χ1) is 12.6. The van der Waals surface area contributed by atoms with Crippen molar-refractivity contribution in [1.82, 2.24) is 9.80 Å². The Balaban J connectivity index is 2.54. The van der Waals surface area contributed by atoms with Gasteiger partial charge >= 0.3 is 5.97 Å². The summed E-state index contributed by atoms with van der Waals surface area (Å²) in [6, 6.07) is 9.74. The molecule has 0 atom stereocenters. The molecule has 0 aliphatic heterocycles. The minimum Gasteiger partial charge on any atom is -0.466 e. The number of hydrogen-bond donors (Lipinski definition) is 0. The van der Waals surface area contributed by atoms with Gasteiger partial charge in [-0.1, -0.05) is 44.2 Å². The van der Waals surface area contributed by atoms with Gasteiger partial charge in [-0.15, -0.1) is 0 Å². The first-order valence-corrected chi connectivity index (χ1v) is 9.80. The maximum Gasteiger partial charge on any atom is 0.307 e. The molecule has 1 aromatic rings. The molecule has 0 bridgehead atoms. The molecule has 0 aliphatic rings. The highest BCUT2D eigenvalue weighted by molar-refractivity contribution is 5.79. The normalized spacial score (nSPS) is 10.8. The third-order valence-corrected chi connectivity index (χ3v) is 4.49. The lowest BCUT2D eigenvalue weighted by Gasteiger charge is -2.24. The van der Waals surface area contributed by atoms with Gasteiger partial charge in [0, 0.05) is 13.1 Å². The number of carbonyl (C=O) groups excluding carboxylic acids is 2. The fourth-order valence-corrected chi connectivity index (χ4v) is 2.88. The maximum absolute atomic E-state index is 12.7. The molecule has 5 nitrogen and oxygen atoms in total. The highest BCUT2D eigenvalue weighted by atomic mass is 16.5. The van der Waals surface area contributed by atoms with Gasteiger partial charge in [0.2, 0.25) is 5.91 Å². The molecule has 146 valence electrons. The maximum atomic E-state index is 12.7. The molecule has 1 amide bonds. The van der Waals surface area contributed by atoms with Crippen molar-refractivity contribution >= 4 is 11.9 Å². The second-order valence-electron chi connectivity index (χ2n) is 6.33. The lowest BCUT2D eigenvalue weighted by atomic mass is 10.1. The topological polar surface area (TPSA) is 49.9 Å². The molecular formula is C21H34N2O3. The van der Waals surface area contributed by atoms with E-state index in [2.05, 4.69) is 18.7 Å². The molecule has 0 N–H and O–H groups in total. The van der Waals surface area contributed by atoms with Crippen LogP contribution < -0.4 is 0 Å². The van der Waals surface area contributed by atoms with Crippen molar-refractivity contribution < 1.29 is 14.3 Å². The summed E-state index contributed by atoms with van der Waals surface area (Å²) in [4.78, 5) is 28.5. The average molecular weight is 363 g/mol. The number of unbranched alkanes of at least 4 members (excludes halogenated alkanes) is 1. The van der Waals surface area contributed by atoms with Gasteiger partial charge in [0.1, 0.15) is 0 Å². The summed E-state index contributed by atoms with van der Waals surface area (Å²) < 4.78 is 4.99. The van der Waals surface area contributed by atoms with Gasteiger partial charge in [0.05, 0.1) is 19.4 Å². The van der Waals surface area contributed by atoms with E-state index in [0.717, 1.165) is 38.0 Å². The standard InChI is InChI=1S/C21H34N2O3/c1-4-22(5-2)15-10-11-16-23(17-14-21(25)26-6-3)20(24)18-19-12-8-7-9-13-19/h7-9,12-13H,4-6,10-11,14-18H2,1-3H3. The smallest absolute Gasteiger partial charge is 0.307 e. The molecule has 5 heteroatoms. The zero-order valence-corrected chi connectivity index (χ0v) is 16.6. The van der Waals surface area contributed by atoms with E-state index in [9.17, 15) is 9.59 Å². The summed E-state index contributed by atoms with van der Waals surface area (Å²) in [6.45, 7) is 10.8. The van der Waals surface area contributed by atoms with Crippen LogP contribution in [0.5, 0.6) is 0 Å². The van der Waals surface area contributed by atoms with E-state index < -0.39 is 0 Å². The molecule has 0 aromatic heterocycles. The van der Waals surface area contributed by atoms with Crippen molar-refractivity contribution in [2.45, 2.75) is 46.5 Å². The quantitative estimate of drug-likeness (QED) is 0.400. The number of rotatable bonds is 13. The fourth-order valence-electron chi connectivity index (χ4n) is 2.88. The van der Waals surface area contributed by atoms with Crippen LogP contribution in [0.3, 0.4) is 0 Å². The van der Waals surface area contributed by atoms with E-state index in [1.165, 1.54) is 0 Å². The summed E-state index contributed by atoms with van der Waals surface area (Å²) in [7, 11) is 0. The second kappa shape index (κ2) is 13.3. The number of ether oxygens (including phenoxy) is 1. The molecule has 1 rings (SSSR count). The van der Waals surface area contributed by atoms with Crippen LogP contribution in [0, 0.1) is 0 Å². The van der Waals surface area contributed by atoms with Crippen LogP contribution in [0.2, 0.25) is 0 Å². The Morgan fingerprint density at radius 1 is 0.923 bits per heavy atom. The van der Waals surface area contributed by atoms with Crippen LogP contribution in [0.25, 0.3) is 0 Å². The van der Waals surface area contributed by atoms with Crippen molar-refractivity contribution in [3.05, 3.63) is 35.9 Å². The van der Waals surface area contributed by atoms with Crippen molar-refractivity contribution in [3.8, 4) is 0 Å². The van der Waals surface area contributed by atoms with Gasteiger partial charge in [-0.2, -0.15) is 0 Å². The minimum atomic E-state index is -0.242. The van der Waals surface area contributed by atoms with Crippen LogP contribution in [0.15, 0.2) is 30.3 Å². The third kappa shape index (κ3) is 8.99. The summed E-state index contributed by atoms with van der Waals surface area (Å²) in [6.07, 6.45) is 2.63. The summed E-state index contributed by atoms with van der Waals surface area (Å²) in [5.74, 6) is -0.170. The van der Waals surface area contributed by atoms with Crippen LogP contribution in [0.1, 0.15) is 45.6 Å². The Morgan fingerprint density at radius 3 is 2.19 bits per heavy atom. The van der Waals surface area contributed by atoms with E-state index in [1.807, 2.05) is 35.2 Å². The van der Waals surface area contributed by atoms with Crippen molar-refractivity contribution in [2.75, 3.05) is 39.3 Å². The second-order valence-corrected chi connectivity index (χ2v) is 6.33. The van der Waals surface area contributed by atoms with Crippen LogP contribution in [0.4, 0.5) is 0 Å². The molecular weight excluding hydrogens is 328 g/mol. The fraction of sp³-hybridized carbons (Fsp3) is 0.619. The number of carbonyl (C=O) groups is 2. The van der Waals surface area contributed by atoms with E-state index >= 15 is 0 Å². The summed E-state index contributed by atoms with van der Waals surface area (Å²) in [5, 5.41) is 0. The Kier molecular flexibility index (Phi) is 11.4. The SMILES string of the molecule is CCOC(=O)CCN(CCCCN(CC)CC)C(=O)Cc1ccccc1. The molecule has 0 aliphatic carbocycles. The lowest BCUT2D eigenvalue weighted by molar-refractivity contribution is -0.144. The van der Waals surface area contributed by atoms with Crippen molar-refractivity contribution in [2.24, 2.45) is 0 Å². The molecule has 0 spiro atoms. The molecule has 0 unspecified atom stereocenters. The summed E-state index contributed by atoms with van der Waals surface area (Å²) in [5.41, 5.74) is 1.00. The van der Waals surface area contributed by atoms with Gasteiger partial charge in [-0.3, -0.25) is 9.59 Å². The van der Waals surface area contributed by atoms with Gasteiger partial charge in [-0.05, 0) is 45.0 Å². The first kappa shape index (κ1) is 22.2. The van der Waals surface area contributed by atoms with E-state index in [0.29, 0.717) is 26.1 Å².